The third kappa shape index (κ3) is 3.69. The van der Waals surface area contributed by atoms with Crippen LogP contribution in [0, 0.1) is 24.6 Å². The zero-order chi connectivity index (χ0) is 14.5. The van der Waals surface area contributed by atoms with E-state index in [0.29, 0.717) is 15.7 Å². The molecule has 0 aliphatic carbocycles. The second kappa shape index (κ2) is 6.36. The van der Waals surface area contributed by atoms with Gasteiger partial charge in [-0.25, -0.2) is 4.39 Å². The smallest absolute Gasteiger partial charge is 0.300 e. The molecule has 0 aliphatic rings. The fraction of sp³-hybridized carbons (Fsp3) is 0.0625. The zero-order valence-electron chi connectivity index (χ0n) is 10.7. The fourth-order valence-corrected chi connectivity index (χ4v) is 1.93. The predicted octanol–water partition coefficient (Wildman–Crippen LogP) is 3.89. The highest BCUT2D eigenvalue weighted by molar-refractivity contribution is 9.10. The van der Waals surface area contributed by atoms with E-state index in [9.17, 15) is 9.18 Å². The summed E-state index contributed by atoms with van der Waals surface area (Å²) in [5.74, 6) is 4.46. The Balaban J connectivity index is 2.13. The summed E-state index contributed by atoms with van der Waals surface area (Å²) in [5.41, 5.74) is 1.94. The summed E-state index contributed by atoms with van der Waals surface area (Å²) in [6.45, 7) is 1.72. The van der Waals surface area contributed by atoms with Crippen LogP contribution in [-0.2, 0) is 4.79 Å². The molecule has 0 aromatic heterocycles. The molecule has 1 amide bonds. The first-order valence-corrected chi connectivity index (χ1v) is 6.69. The lowest BCUT2D eigenvalue weighted by Crippen LogP contribution is -2.10. The molecule has 0 unspecified atom stereocenters. The van der Waals surface area contributed by atoms with Crippen LogP contribution < -0.4 is 5.32 Å². The number of rotatable bonds is 1. The summed E-state index contributed by atoms with van der Waals surface area (Å²) in [4.78, 5) is 11.7. The van der Waals surface area contributed by atoms with Crippen molar-refractivity contribution in [3.63, 3.8) is 0 Å². The van der Waals surface area contributed by atoms with Crippen molar-refractivity contribution >= 4 is 27.5 Å². The average molecular weight is 332 g/mol. The van der Waals surface area contributed by atoms with Crippen molar-refractivity contribution in [2.24, 2.45) is 0 Å². The van der Waals surface area contributed by atoms with E-state index in [1.54, 1.807) is 6.92 Å². The molecule has 2 nitrogen and oxygen atoms in total. The Bertz CT molecular complexity index is 702. The molecule has 2 aromatic rings. The van der Waals surface area contributed by atoms with Gasteiger partial charge >= 0.3 is 5.91 Å². The number of carbonyl (C=O) groups excluding carboxylic acids is 1. The molecule has 0 bridgehead atoms. The molecular formula is C16H11BrFNO. The van der Waals surface area contributed by atoms with Gasteiger partial charge in [0.1, 0.15) is 5.82 Å². The normalized spacial score (nSPS) is 9.55. The van der Waals surface area contributed by atoms with E-state index < -0.39 is 5.91 Å². The second-order valence-corrected chi connectivity index (χ2v) is 5.01. The molecule has 0 heterocycles. The molecule has 0 fully saturated rings. The molecule has 0 aliphatic heterocycles. The second-order valence-electron chi connectivity index (χ2n) is 4.15. The van der Waals surface area contributed by atoms with E-state index in [4.69, 9.17) is 0 Å². The maximum Gasteiger partial charge on any atom is 0.300 e. The third-order valence-electron chi connectivity index (χ3n) is 2.61. The SMILES string of the molecule is Cc1cc(F)c(Br)cc1NC(=O)C#Cc1ccccc1. The van der Waals surface area contributed by atoms with Crippen LogP contribution in [0.4, 0.5) is 10.1 Å². The molecular weight excluding hydrogens is 321 g/mol. The number of amides is 1. The number of halogens is 2. The number of hydrogen-bond donors (Lipinski definition) is 1. The first-order chi connectivity index (χ1) is 9.56. The number of carbonyl (C=O) groups is 1. The predicted molar refractivity (Wildman–Crippen MR) is 80.8 cm³/mol. The van der Waals surface area contributed by atoms with Crippen molar-refractivity contribution in [3.8, 4) is 11.8 Å². The minimum absolute atomic E-state index is 0.300. The van der Waals surface area contributed by atoms with E-state index in [1.807, 2.05) is 30.3 Å². The molecule has 0 saturated carbocycles. The van der Waals surface area contributed by atoms with E-state index in [1.165, 1.54) is 12.1 Å². The van der Waals surface area contributed by atoms with Crippen LogP contribution in [0.15, 0.2) is 46.9 Å². The van der Waals surface area contributed by atoms with Gasteiger partial charge in [0.05, 0.1) is 4.47 Å². The Morgan fingerprint density at radius 1 is 1.25 bits per heavy atom. The monoisotopic (exact) mass is 331 g/mol. The van der Waals surface area contributed by atoms with Gasteiger partial charge in [-0.1, -0.05) is 24.1 Å². The molecule has 0 radical (unpaired) electrons. The fourth-order valence-electron chi connectivity index (χ4n) is 1.58. The first kappa shape index (κ1) is 14.3. The van der Waals surface area contributed by atoms with Gasteiger partial charge in [-0.15, -0.1) is 0 Å². The summed E-state index contributed by atoms with van der Waals surface area (Å²) in [5, 5.41) is 2.64. The number of nitrogens with one attached hydrogen (secondary N) is 1. The van der Waals surface area contributed by atoms with Crippen LogP contribution >= 0.6 is 15.9 Å². The highest BCUT2D eigenvalue weighted by Gasteiger charge is 2.07. The van der Waals surface area contributed by atoms with Gasteiger partial charge in [-0.2, -0.15) is 0 Å². The topological polar surface area (TPSA) is 29.1 Å². The quantitative estimate of drug-likeness (QED) is 0.789. The van der Waals surface area contributed by atoms with Crippen molar-refractivity contribution in [3.05, 3.63) is 63.9 Å². The summed E-state index contributed by atoms with van der Waals surface area (Å²) in [7, 11) is 0. The Labute approximate surface area is 125 Å². The first-order valence-electron chi connectivity index (χ1n) is 5.90. The lowest BCUT2D eigenvalue weighted by Gasteiger charge is -2.06. The number of aryl methyl sites for hydroxylation is 1. The van der Waals surface area contributed by atoms with Gasteiger partial charge in [0, 0.05) is 17.2 Å². The summed E-state index contributed by atoms with van der Waals surface area (Å²) < 4.78 is 13.6. The number of benzene rings is 2. The van der Waals surface area contributed by atoms with Crippen LogP contribution in [0.25, 0.3) is 0 Å². The molecule has 0 spiro atoms. The Hall–Kier alpha value is -2.12. The van der Waals surface area contributed by atoms with Crippen molar-refractivity contribution in [2.75, 3.05) is 5.32 Å². The lowest BCUT2D eigenvalue weighted by molar-refractivity contribution is -0.111. The van der Waals surface area contributed by atoms with Gasteiger partial charge in [0.2, 0.25) is 0 Å². The summed E-state index contributed by atoms with van der Waals surface area (Å²) >= 11 is 3.08. The van der Waals surface area contributed by atoms with Gasteiger partial charge in [0.25, 0.3) is 0 Å². The van der Waals surface area contributed by atoms with E-state index in [2.05, 4.69) is 33.1 Å². The summed E-state index contributed by atoms with van der Waals surface area (Å²) in [6.07, 6.45) is 0. The van der Waals surface area contributed by atoms with Gasteiger partial charge < -0.3 is 5.32 Å². The van der Waals surface area contributed by atoms with Gasteiger partial charge in [-0.3, -0.25) is 4.79 Å². The molecule has 0 atom stereocenters. The van der Waals surface area contributed by atoms with Crippen LogP contribution in [-0.4, -0.2) is 5.91 Å². The van der Waals surface area contributed by atoms with Crippen molar-refractivity contribution < 1.29 is 9.18 Å². The minimum Gasteiger partial charge on any atom is -0.315 e. The van der Waals surface area contributed by atoms with Crippen LogP contribution in [0.5, 0.6) is 0 Å². The molecule has 4 heteroatoms. The van der Waals surface area contributed by atoms with Crippen molar-refractivity contribution in [1.82, 2.24) is 0 Å². The van der Waals surface area contributed by atoms with Crippen LogP contribution in [0.3, 0.4) is 0 Å². The molecule has 2 rings (SSSR count). The maximum absolute atomic E-state index is 13.3. The van der Waals surface area contributed by atoms with E-state index in [-0.39, 0.29) is 5.82 Å². The van der Waals surface area contributed by atoms with Crippen LogP contribution in [0.2, 0.25) is 0 Å². The van der Waals surface area contributed by atoms with Crippen molar-refractivity contribution in [2.45, 2.75) is 6.92 Å². The van der Waals surface area contributed by atoms with Gasteiger partial charge in [-0.05, 0) is 52.7 Å². The van der Waals surface area contributed by atoms with Crippen LogP contribution in [0.1, 0.15) is 11.1 Å². The van der Waals surface area contributed by atoms with Gasteiger partial charge in [0.15, 0.2) is 0 Å². The molecule has 1 N–H and O–H groups in total. The number of hydrogen-bond acceptors (Lipinski definition) is 1. The highest BCUT2D eigenvalue weighted by atomic mass is 79.9. The molecule has 0 saturated heterocycles. The largest absolute Gasteiger partial charge is 0.315 e. The van der Waals surface area contributed by atoms with Crippen molar-refractivity contribution in [1.29, 1.82) is 0 Å². The highest BCUT2D eigenvalue weighted by Crippen LogP contribution is 2.24. The average Bonchev–Trinajstić information content (AvgIpc) is 2.44. The minimum atomic E-state index is -0.435. The molecule has 20 heavy (non-hydrogen) atoms. The molecule has 100 valence electrons. The Morgan fingerprint density at radius 2 is 1.95 bits per heavy atom. The Morgan fingerprint density at radius 3 is 2.65 bits per heavy atom. The summed E-state index contributed by atoms with van der Waals surface area (Å²) in [6, 6.07) is 12.1. The lowest BCUT2D eigenvalue weighted by atomic mass is 10.2. The maximum atomic E-state index is 13.3. The van der Waals surface area contributed by atoms with E-state index in [0.717, 1.165) is 5.56 Å². The zero-order valence-corrected chi connectivity index (χ0v) is 12.3. The molecule has 2 aromatic carbocycles. The number of anilines is 1. The van der Waals surface area contributed by atoms with E-state index >= 15 is 0 Å². The standard InChI is InChI=1S/C16H11BrFNO/c1-11-9-14(18)13(17)10-15(11)19-16(20)8-7-12-5-3-2-4-6-12/h2-6,9-10H,1H3,(H,19,20). The Kier molecular flexibility index (Phi) is 4.54. The third-order valence-corrected chi connectivity index (χ3v) is 3.22.